The molecule has 110 valence electrons. The molecule has 1 amide bonds. The molecule has 0 aromatic carbocycles. The zero-order valence-electron chi connectivity index (χ0n) is 9.68. The molecule has 1 aromatic rings. The van der Waals surface area contributed by atoms with Crippen molar-refractivity contribution in [1.29, 1.82) is 0 Å². The SMILES string of the molecule is O=C(O)CN(CC(F)(F)F)C(=O)c1cc([N+](=O)[O-])c[nH]1. The number of carboxylic acids is 1. The van der Waals surface area contributed by atoms with Gasteiger partial charge in [0.05, 0.1) is 11.1 Å². The fourth-order valence-electron chi connectivity index (χ4n) is 1.36. The average molecular weight is 295 g/mol. The number of hydrogen-bond donors (Lipinski definition) is 2. The molecule has 0 spiro atoms. The molecular weight excluding hydrogens is 287 g/mol. The van der Waals surface area contributed by atoms with Crippen LogP contribution in [0.2, 0.25) is 0 Å². The lowest BCUT2D eigenvalue weighted by Crippen LogP contribution is -2.42. The van der Waals surface area contributed by atoms with Crippen LogP contribution in [0.5, 0.6) is 0 Å². The lowest BCUT2D eigenvalue weighted by atomic mass is 10.3. The van der Waals surface area contributed by atoms with E-state index in [1.54, 1.807) is 0 Å². The molecule has 1 rings (SSSR count). The maximum atomic E-state index is 12.3. The Morgan fingerprint density at radius 3 is 2.45 bits per heavy atom. The number of carboxylic acid groups (broad SMARTS) is 1. The van der Waals surface area contributed by atoms with Gasteiger partial charge in [-0.15, -0.1) is 0 Å². The van der Waals surface area contributed by atoms with Crippen LogP contribution >= 0.6 is 0 Å². The van der Waals surface area contributed by atoms with Gasteiger partial charge in [0.2, 0.25) is 0 Å². The first-order valence-corrected chi connectivity index (χ1v) is 5.01. The lowest BCUT2D eigenvalue weighted by molar-refractivity contribution is -0.384. The Balaban J connectivity index is 2.96. The van der Waals surface area contributed by atoms with Crippen LogP contribution in [-0.2, 0) is 4.79 Å². The minimum atomic E-state index is -4.79. The van der Waals surface area contributed by atoms with Gasteiger partial charge in [-0.1, -0.05) is 0 Å². The highest BCUT2D eigenvalue weighted by Crippen LogP contribution is 2.19. The topological polar surface area (TPSA) is 117 Å². The number of nitrogens with one attached hydrogen (secondary N) is 1. The van der Waals surface area contributed by atoms with Crippen LogP contribution in [0.3, 0.4) is 0 Å². The van der Waals surface area contributed by atoms with E-state index in [0.29, 0.717) is 0 Å². The Labute approximate surface area is 108 Å². The monoisotopic (exact) mass is 295 g/mol. The number of alkyl halides is 3. The van der Waals surface area contributed by atoms with Gasteiger partial charge in [-0.2, -0.15) is 13.2 Å². The maximum Gasteiger partial charge on any atom is 0.406 e. The Morgan fingerprint density at radius 2 is 2.05 bits per heavy atom. The van der Waals surface area contributed by atoms with Crippen molar-refractivity contribution in [1.82, 2.24) is 9.88 Å². The Hall–Kier alpha value is -2.59. The van der Waals surface area contributed by atoms with Crippen molar-refractivity contribution in [2.75, 3.05) is 13.1 Å². The van der Waals surface area contributed by atoms with Crippen molar-refractivity contribution < 1.29 is 32.8 Å². The molecule has 1 heterocycles. The average Bonchev–Trinajstić information content (AvgIpc) is 2.73. The van der Waals surface area contributed by atoms with Gasteiger partial charge in [-0.3, -0.25) is 19.7 Å². The minimum Gasteiger partial charge on any atom is -0.480 e. The fourth-order valence-corrected chi connectivity index (χ4v) is 1.36. The lowest BCUT2D eigenvalue weighted by Gasteiger charge is -2.21. The molecule has 0 atom stereocenters. The van der Waals surface area contributed by atoms with Crippen molar-refractivity contribution in [3.8, 4) is 0 Å². The largest absolute Gasteiger partial charge is 0.480 e. The number of nitrogens with zero attached hydrogens (tertiary/aromatic N) is 2. The number of aromatic nitrogens is 1. The standard InChI is InChI=1S/C9H8F3N3O5/c10-9(11,12)4-14(3-7(16)17)8(18)6-1-5(2-13-6)15(19)20/h1-2,13H,3-4H2,(H,16,17). The van der Waals surface area contributed by atoms with Crippen LogP contribution in [0.25, 0.3) is 0 Å². The van der Waals surface area contributed by atoms with Gasteiger partial charge in [0, 0.05) is 6.07 Å². The van der Waals surface area contributed by atoms with Crippen molar-refractivity contribution in [3.63, 3.8) is 0 Å². The number of aromatic amines is 1. The number of aliphatic carboxylic acids is 1. The number of rotatable bonds is 5. The first-order valence-electron chi connectivity index (χ1n) is 5.01. The molecule has 0 aliphatic heterocycles. The predicted octanol–water partition coefficient (Wildman–Crippen LogP) is 1.01. The van der Waals surface area contributed by atoms with Crippen LogP contribution in [0.15, 0.2) is 12.3 Å². The number of carbonyl (C=O) groups is 2. The molecule has 0 aliphatic rings. The fraction of sp³-hybridized carbons (Fsp3) is 0.333. The van der Waals surface area contributed by atoms with Crippen LogP contribution < -0.4 is 0 Å². The number of halogens is 3. The molecule has 0 saturated heterocycles. The van der Waals surface area contributed by atoms with Gasteiger partial charge in [0.15, 0.2) is 0 Å². The minimum absolute atomic E-state index is 0.0257. The molecule has 0 saturated carbocycles. The smallest absolute Gasteiger partial charge is 0.406 e. The van der Waals surface area contributed by atoms with E-state index < -0.39 is 47.4 Å². The molecule has 20 heavy (non-hydrogen) atoms. The van der Waals surface area contributed by atoms with E-state index in [-0.39, 0.29) is 4.90 Å². The number of nitro groups is 1. The van der Waals surface area contributed by atoms with Crippen molar-refractivity contribution in [3.05, 3.63) is 28.1 Å². The van der Waals surface area contributed by atoms with Crippen LogP contribution in [0, 0.1) is 10.1 Å². The summed E-state index contributed by atoms with van der Waals surface area (Å²) in [6, 6.07) is 0.730. The van der Waals surface area contributed by atoms with Gasteiger partial charge in [-0.05, 0) is 0 Å². The van der Waals surface area contributed by atoms with Crippen LogP contribution in [-0.4, -0.2) is 51.1 Å². The molecule has 0 fully saturated rings. The molecular formula is C9H8F3N3O5. The highest BCUT2D eigenvalue weighted by Gasteiger charge is 2.35. The van der Waals surface area contributed by atoms with E-state index in [4.69, 9.17) is 5.11 Å². The van der Waals surface area contributed by atoms with Gasteiger partial charge in [0.1, 0.15) is 18.8 Å². The summed E-state index contributed by atoms with van der Waals surface area (Å²) < 4.78 is 36.8. The van der Waals surface area contributed by atoms with E-state index in [1.165, 1.54) is 0 Å². The van der Waals surface area contributed by atoms with Gasteiger partial charge in [-0.25, -0.2) is 0 Å². The molecule has 0 bridgehead atoms. The highest BCUT2D eigenvalue weighted by molar-refractivity contribution is 5.94. The number of hydrogen-bond acceptors (Lipinski definition) is 4. The summed E-state index contributed by atoms with van der Waals surface area (Å²) in [5, 5.41) is 18.9. The maximum absolute atomic E-state index is 12.3. The van der Waals surface area contributed by atoms with Gasteiger partial charge in [0.25, 0.3) is 11.6 Å². The third-order valence-electron chi connectivity index (χ3n) is 2.09. The summed E-state index contributed by atoms with van der Waals surface area (Å²) in [5.74, 6) is -2.93. The van der Waals surface area contributed by atoms with Crippen molar-refractivity contribution in [2.45, 2.75) is 6.18 Å². The third kappa shape index (κ3) is 4.26. The summed E-state index contributed by atoms with van der Waals surface area (Å²) in [5.41, 5.74) is -1.02. The van der Waals surface area contributed by atoms with E-state index >= 15 is 0 Å². The van der Waals surface area contributed by atoms with Crippen LogP contribution in [0.1, 0.15) is 10.5 Å². The summed E-state index contributed by atoms with van der Waals surface area (Å²) in [4.78, 5) is 33.9. The van der Waals surface area contributed by atoms with E-state index in [9.17, 15) is 32.9 Å². The predicted molar refractivity (Wildman–Crippen MR) is 57.0 cm³/mol. The normalized spacial score (nSPS) is 11.2. The number of amides is 1. The summed E-state index contributed by atoms with van der Waals surface area (Å²) in [7, 11) is 0. The van der Waals surface area contributed by atoms with Crippen molar-refractivity contribution >= 4 is 17.6 Å². The van der Waals surface area contributed by atoms with E-state index in [1.807, 2.05) is 0 Å². The van der Waals surface area contributed by atoms with Crippen LogP contribution in [0.4, 0.5) is 18.9 Å². The van der Waals surface area contributed by atoms with Gasteiger partial charge < -0.3 is 15.0 Å². The van der Waals surface area contributed by atoms with E-state index in [0.717, 1.165) is 12.3 Å². The summed E-state index contributed by atoms with van der Waals surface area (Å²) >= 11 is 0. The summed E-state index contributed by atoms with van der Waals surface area (Å²) in [6.45, 7) is -2.95. The number of carbonyl (C=O) groups excluding carboxylic acids is 1. The first kappa shape index (κ1) is 15.5. The molecule has 11 heteroatoms. The second-order valence-electron chi connectivity index (χ2n) is 3.70. The van der Waals surface area contributed by atoms with Crippen molar-refractivity contribution in [2.24, 2.45) is 0 Å². The molecule has 0 radical (unpaired) electrons. The molecule has 0 unspecified atom stereocenters. The third-order valence-corrected chi connectivity index (χ3v) is 2.09. The Bertz CT molecular complexity index is 539. The first-order chi connectivity index (χ1) is 9.10. The number of H-pyrrole nitrogens is 1. The Morgan fingerprint density at radius 1 is 1.45 bits per heavy atom. The zero-order chi connectivity index (χ0) is 15.5. The molecule has 0 aliphatic carbocycles. The van der Waals surface area contributed by atoms with E-state index in [2.05, 4.69) is 4.98 Å². The zero-order valence-corrected chi connectivity index (χ0v) is 9.68. The van der Waals surface area contributed by atoms with Gasteiger partial charge >= 0.3 is 12.1 Å². The molecule has 2 N–H and O–H groups in total. The molecule has 8 nitrogen and oxygen atoms in total. The quantitative estimate of drug-likeness (QED) is 0.621. The highest BCUT2D eigenvalue weighted by atomic mass is 19.4. The molecule has 1 aromatic heterocycles. The summed E-state index contributed by atoms with van der Waals surface area (Å²) in [6.07, 6.45) is -3.97. The second kappa shape index (κ2) is 5.59. The second-order valence-corrected chi connectivity index (χ2v) is 3.70. The Kier molecular flexibility index (Phi) is 4.32.